The number of ether oxygens (including phenoxy) is 1. The van der Waals surface area contributed by atoms with Crippen molar-refractivity contribution in [3.63, 3.8) is 0 Å². The van der Waals surface area contributed by atoms with Crippen molar-refractivity contribution in [1.82, 2.24) is 5.06 Å². The number of aliphatic hydroxyl groups excluding tert-OH is 1. The zero-order valence-corrected chi connectivity index (χ0v) is 13.3. The molecule has 2 aliphatic heterocycles. The Morgan fingerprint density at radius 3 is 2.82 bits per heavy atom. The average Bonchev–Trinajstić information content (AvgIpc) is 2.96. The molecule has 6 nitrogen and oxygen atoms in total. The molecule has 1 aromatic carbocycles. The van der Waals surface area contributed by atoms with Crippen LogP contribution in [0.3, 0.4) is 0 Å². The number of aliphatic hydroxyl groups is 1. The van der Waals surface area contributed by atoms with Crippen LogP contribution in [0.1, 0.15) is 25.0 Å². The van der Waals surface area contributed by atoms with Gasteiger partial charge in [-0.25, -0.2) is 0 Å². The molecule has 0 spiro atoms. The second kappa shape index (κ2) is 6.75. The second-order valence-corrected chi connectivity index (χ2v) is 5.46. The number of benzene rings is 1. The van der Waals surface area contributed by atoms with E-state index < -0.39 is 23.7 Å². The Labute approximate surface area is 130 Å². The van der Waals surface area contributed by atoms with Crippen LogP contribution in [0, 0.1) is 6.92 Å². The predicted octanol–water partition coefficient (Wildman–Crippen LogP) is 0.752. The van der Waals surface area contributed by atoms with Crippen molar-refractivity contribution in [3.8, 4) is 0 Å². The lowest BCUT2D eigenvalue weighted by Crippen LogP contribution is -2.57. The van der Waals surface area contributed by atoms with Crippen LogP contribution in [-0.2, 0) is 20.9 Å². The molecule has 2 saturated heterocycles. The molecule has 1 aromatic rings. The molecule has 22 heavy (non-hydrogen) atoms. The molecule has 2 aliphatic rings. The number of fused-ring (bicyclic) bond motifs is 1. The molecule has 3 N–H and O–H groups in total. The van der Waals surface area contributed by atoms with E-state index in [4.69, 9.17) is 15.3 Å². The molecule has 2 heterocycles. The van der Waals surface area contributed by atoms with Crippen LogP contribution in [0.25, 0.3) is 0 Å². The molecule has 3 rings (SSSR count). The van der Waals surface area contributed by atoms with Crippen molar-refractivity contribution in [2.75, 3.05) is 13.2 Å². The minimum absolute atomic E-state index is 0.0754. The van der Waals surface area contributed by atoms with Crippen LogP contribution in [0.5, 0.6) is 0 Å². The number of carbonyl (C=O) groups is 1. The fourth-order valence-electron chi connectivity index (χ4n) is 2.87. The minimum atomic E-state index is -0.977. The van der Waals surface area contributed by atoms with E-state index in [-0.39, 0.29) is 13.2 Å². The Hall–Kier alpha value is -1.47. The Balaban J connectivity index is 0.000000847. The van der Waals surface area contributed by atoms with Gasteiger partial charge in [0.1, 0.15) is 18.2 Å². The van der Waals surface area contributed by atoms with Crippen molar-refractivity contribution in [3.05, 3.63) is 35.4 Å². The fraction of sp³-hybridized carbons (Fsp3) is 0.562. The van der Waals surface area contributed by atoms with Gasteiger partial charge >= 0.3 is 5.97 Å². The first-order valence-corrected chi connectivity index (χ1v) is 7.60. The normalized spacial score (nSPS) is 30.5. The molecule has 0 saturated carbocycles. The van der Waals surface area contributed by atoms with Crippen molar-refractivity contribution >= 4 is 5.97 Å². The van der Waals surface area contributed by atoms with Gasteiger partial charge in [0.15, 0.2) is 6.04 Å². The number of rotatable bonds is 3. The molecule has 122 valence electrons. The minimum Gasteiger partial charge on any atom is -0.462 e. The van der Waals surface area contributed by atoms with E-state index in [2.05, 4.69) is 0 Å². The van der Waals surface area contributed by atoms with Gasteiger partial charge in [0.25, 0.3) is 0 Å². The average molecular weight is 308 g/mol. The van der Waals surface area contributed by atoms with E-state index in [9.17, 15) is 9.90 Å². The highest BCUT2D eigenvalue weighted by Gasteiger charge is 2.62. The van der Waals surface area contributed by atoms with Crippen LogP contribution in [0.2, 0.25) is 0 Å². The smallest absolute Gasteiger partial charge is 0.328 e. The third-order valence-electron chi connectivity index (χ3n) is 3.93. The highest BCUT2D eigenvalue weighted by Crippen LogP contribution is 2.36. The Kier molecular flexibility index (Phi) is 5.18. The summed E-state index contributed by atoms with van der Waals surface area (Å²) in [5.74, 6) is -0.392. The SMILES string of the molecule is CC.Cc1cccc(CN2OC(CO)[C@@]3(N)COC(=O)[C@@H]23)c1. The van der Waals surface area contributed by atoms with Gasteiger partial charge in [0.2, 0.25) is 0 Å². The molecule has 0 bridgehead atoms. The van der Waals surface area contributed by atoms with Crippen LogP contribution >= 0.6 is 0 Å². The van der Waals surface area contributed by atoms with Gasteiger partial charge in [-0.05, 0) is 12.5 Å². The molecule has 0 amide bonds. The number of carbonyl (C=O) groups excluding carboxylic acids is 1. The zero-order valence-electron chi connectivity index (χ0n) is 13.3. The first kappa shape index (κ1) is 16.9. The summed E-state index contributed by atoms with van der Waals surface area (Å²) in [5, 5.41) is 10.9. The Bertz CT molecular complexity index is 537. The van der Waals surface area contributed by atoms with E-state index >= 15 is 0 Å². The maximum atomic E-state index is 11.9. The van der Waals surface area contributed by atoms with E-state index in [1.807, 2.05) is 45.0 Å². The zero-order chi connectivity index (χ0) is 16.3. The van der Waals surface area contributed by atoms with Crippen LogP contribution in [0.15, 0.2) is 24.3 Å². The molecule has 0 aromatic heterocycles. The van der Waals surface area contributed by atoms with Crippen molar-refractivity contribution in [2.45, 2.75) is 45.0 Å². The highest BCUT2D eigenvalue weighted by atomic mass is 16.7. The van der Waals surface area contributed by atoms with Crippen LogP contribution < -0.4 is 5.73 Å². The third kappa shape index (κ3) is 2.87. The van der Waals surface area contributed by atoms with Crippen molar-refractivity contribution in [2.24, 2.45) is 5.73 Å². The number of cyclic esters (lactones) is 1. The lowest BCUT2D eigenvalue weighted by atomic mass is 9.89. The molecule has 1 unspecified atom stereocenters. The van der Waals surface area contributed by atoms with E-state index in [1.165, 1.54) is 5.06 Å². The summed E-state index contributed by atoms with van der Waals surface area (Å²) in [6, 6.07) is 7.27. The van der Waals surface area contributed by atoms with Gasteiger partial charge in [-0.15, -0.1) is 0 Å². The molecular formula is C16H24N2O4. The van der Waals surface area contributed by atoms with E-state index in [0.29, 0.717) is 6.54 Å². The lowest BCUT2D eigenvalue weighted by Gasteiger charge is -2.22. The Morgan fingerprint density at radius 2 is 2.18 bits per heavy atom. The number of hydrogen-bond donors (Lipinski definition) is 2. The van der Waals surface area contributed by atoms with Crippen molar-refractivity contribution in [1.29, 1.82) is 0 Å². The number of esters is 1. The van der Waals surface area contributed by atoms with Gasteiger partial charge in [-0.2, -0.15) is 5.06 Å². The van der Waals surface area contributed by atoms with Gasteiger partial charge in [-0.3, -0.25) is 9.63 Å². The summed E-state index contributed by atoms with van der Waals surface area (Å²) in [6.45, 7) is 6.26. The second-order valence-electron chi connectivity index (χ2n) is 5.46. The maximum absolute atomic E-state index is 11.9. The molecule has 2 fully saturated rings. The molecule has 3 atom stereocenters. The summed E-state index contributed by atoms with van der Waals surface area (Å²) in [6.07, 6.45) is -0.622. The topological polar surface area (TPSA) is 85.0 Å². The molecular weight excluding hydrogens is 284 g/mol. The van der Waals surface area contributed by atoms with Crippen LogP contribution in [0.4, 0.5) is 0 Å². The molecule has 0 radical (unpaired) electrons. The van der Waals surface area contributed by atoms with Gasteiger partial charge in [0.05, 0.1) is 13.2 Å². The number of nitrogens with zero attached hydrogens (tertiary/aromatic N) is 1. The first-order chi connectivity index (χ1) is 10.5. The van der Waals surface area contributed by atoms with Gasteiger partial charge < -0.3 is 15.6 Å². The van der Waals surface area contributed by atoms with E-state index in [1.54, 1.807) is 0 Å². The Morgan fingerprint density at radius 1 is 1.45 bits per heavy atom. The maximum Gasteiger partial charge on any atom is 0.328 e. The number of aryl methyl sites for hydroxylation is 1. The lowest BCUT2D eigenvalue weighted by molar-refractivity contribution is -0.193. The highest BCUT2D eigenvalue weighted by molar-refractivity contribution is 5.80. The molecule has 0 aliphatic carbocycles. The largest absolute Gasteiger partial charge is 0.462 e. The van der Waals surface area contributed by atoms with E-state index in [0.717, 1.165) is 11.1 Å². The third-order valence-corrected chi connectivity index (χ3v) is 3.93. The quantitative estimate of drug-likeness (QED) is 0.802. The van der Waals surface area contributed by atoms with Gasteiger partial charge in [-0.1, -0.05) is 43.7 Å². The summed E-state index contributed by atoms with van der Waals surface area (Å²) in [5.41, 5.74) is 7.39. The summed E-state index contributed by atoms with van der Waals surface area (Å²) in [4.78, 5) is 17.5. The standard InChI is InChI=1S/C14H18N2O4.C2H6/c1-9-3-2-4-10(5-9)6-16-12-13(18)19-8-14(12,15)11(7-17)20-16;1-2/h2-5,11-12,17H,6-8,15H2,1H3;1-2H3/t11?,12-,14+;/m1./s1. The summed E-state index contributed by atoms with van der Waals surface area (Å²) < 4.78 is 5.05. The fourth-order valence-corrected chi connectivity index (χ4v) is 2.87. The summed E-state index contributed by atoms with van der Waals surface area (Å²) in [7, 11) is 0. The van der Waals surface area contributed by atoms with Crippen molar-refractivity contribution < 1.29 is 19.5 Å². The predicted molar refractivity (Wildman–Crippen MR) is 81.7 cm³/mol. The first-order valence-electron chi connectivity index (χ1n) is 7.60. The molecule has 6 heteroatoms. The monoisotopic (exact) mass is 308 g/mol. The number of hydroxylamine groups is 2. The van der Waals surface area contributed by atoms with Gasteiger partial charge in [0, 0.05) is 0 Å². The number of nitrogens with two attached hydrogens (primary N) is 1. The number of hydrogen-bond acceptors (Lipinski definition) is 6. The summed E-state index contributed by atoms with van der Waals surface area (Å²) >= 11 is 0. The van der Waals surface area contributed by atoms with Crippen LogP contribution in [-0.4, -0.2) is 47.0 Å².